The van der Waals surface area contributed by atoms with Crippen LogP contribution in [0, 0.1) is 0 Å². The summed E-state index contributed by atoms with van der Waals surface area (Å²) < 4.78 is 5.38. The van der Waals surface area contributed by atoms with Gasteiger partial charge in [-0.1, -0.05) is 35.9 Å². The van der Waals surface area contributed by atoms with Gasteiger partial charge in [-0.3, -0.25) is 4.90 Å². The Morgan fingerprint density at radius 3 is 2.46 bits per heavy atom. The number of benzene rings is 2. The highest BCUT2D eigenvalue weighted by atomic mass is 35.5. The predicted molar refractivity (Wildman–Crippen MR) is 104 cm³/mol. The van der Waals surface area contributed by atoms with Crippen LogP contribution in [-0.4, -0.2) is 36.3 Å². The lowest BCUT2D eigenvalue weighted by molar-refractivity contribution is 0.0342. The summed E-state index contributed by atoms with van der Waals surface area (Å²) in [6.07, 6.45) is 0. The van der Waals surface area contributed by atoms with Crippen LogP contribution in [0.15, 0.2) is 48.5 Å². The third-order valence-electron chi connectivity index (χ3n) is 3.84. The zero-order valence-corrected chi connectivity index (χ0v) is 14.9. The highest BCUT2D eigenvalue weighted by Gasteiger charge is 2.10. The molecule has 1 aliphatic heterocycles. The summed E-state index contributed by atoms with van der Waals surface area (Å²) in [6, 6.07) is 15.8. The van der Waals surface area contributed by atoms with Gasteiger partial charge in [-0.15, -0.1) is 0 Å². The van der Waals surface area contributed by atoms with Gasteiger partial charge in [0.15, 0.2) is 5.11 Å². The standard InChI is InChI=1S/C18H20ClN3OS/c19-16-3-1-2-4-17(16)21-18(24)20-15-7-5-14(6-8-15)13-22-9-11-23-12-10-22/h1-8H,9-13H2,(H2,20,21,24). The number of ether oxygens (including phenoxy) is 1. The lowest BCUT2D eigenvalue weighted by atomic mass is 10.2. The highest BCUT2D eigenvalue weighted by Crippen LogP contribution is 2.21. The molecule has 0 radical (unpaired) electrons. The molecule has 0 aromatic heterocycles. The van der Waals surface area contributed by atoms with E-state index in [4.69, 9.17) is 28.6 Å². The zero-order valence-electron chi connectivity index (χ0n) is 13.3. The van der Waals surface area contributed by atoms with Crippen LogP contribution in [0.5, 0.6) is 0 Å². The lowest BCUT2D eigenvalue weighted by Crippen LogP contribution is -2.35. The van der Waals surface area contributed by atoms with Crippen molar-refractivity contribution in [3.8, 4) is 0 Å². The number of anilines is 2. The topological polar surface area (TPSA) is 36.5 Å². The zero-order chi connectivity index (χ0) is 16.8. The normalized spacial score (nSPS) is 15.0. The minimum Gasteiger partial charge on any atom is -0.379 e. The van der Waals surface area contributed by atoms with Gasteiger partial charge in [0, 0.05) is 25.3 Å². The molecule has 0 spiro atoms. The predicted octanol–water partition coefficient (Wildman–Crippen LogP) is 3.98. The minimum atomic E-state index is 0.518. The maximum atomic E-state index is 6.12. The number of halogens is 1. The maximum Gasteiger partial charge on any atom is 0.175 e. The van der Waals surface area contributed by atoms with Gasteiger partial charge in [0.05, 0.1) is 23.9 Å². The molecule has 6 heteroatoms. The van der Waals surface area contributed by atoms with E-state index in [-0.39, 0.29) is 0 Å². The Bertz CT molecular complexity index is 687. The second-order valence-electron chi connectivity index (χ2n) is 5.64. The Labute approximate surface area is 152 Å². The molecule has 1 fully saturated rings. The second-order valence-corrected chi connectivity index (χ2v) is 6.46. The molecule has 1 aliphatic rings. The molecule has 0 saturated carbocycles. The van der Waals surface area contributed by atoms with E-state index < -0.39 is 0 Å². The van der Waals surface area contributed by atoms with Gasteiger partial charge in [0.1, 0.15) is 0 Å². The number of thiocarbonyl (C=S) groups is 1. The molecular weight excluding hydrogens is 342 g/mol. The first-order valence-corrected chi connectivity index (χ1v) is 8.71. The molecule has 0 bridgehead atoms. The molecule has 1 heterocycles. The van der Waals surface area contributed by atoms with E-state index in [0.717, 1.165) is 44.2 Å². The molecule has 126 valence electrons. The number of nitrogens with one attached hydrogen (secondary N) is 2. The molecule has 2 aromatic carbocycles. The van der Waals surface area contributed by atoms with Gasteiger partial charge in [-0.2, -0.15) is 0 Å². The average molecular weight is 362 g/mol. The summed E-state index contributed by atoms with van der Waals surface area (Å²) in [6.45, 7) is 4.58. The van der Waals surface area contributed by atoms with Crippen LogP contribution in [0.25, 0.3) is 0 Å². The molecule has 0 aliphatic carbocycles. The van der Waals surface area contributed by atoms with Crippen molar-refractivity contribution in [2.24, 2.45) is 0 Å². The number of hydrogen-bond acceptors (Lipinski definition) is 3. The quantitative estimate of drug-likeness (QED) is 0.805. The first kappa shape index (κ1) is 17.2. The molecule has 0 atom stereocenters. The van der Waals surface area contributed by atoms with E-state index in [9.17, 15) is 0 Å². The molecule has 3 rings (SSSR count). The Morgan fingerprint density at radius 2 is 1.75 bits per heavy atom. The van der Waals surface area contributed by atoms with E-state index in [2.05, 4.69) is 27.7 Å². The largest absolute Gasteiger partial charge is 0.379 e. The van der Waals surface area contributed by atoms with E-state index >= 15 is 0 Å². The van der Waals surface area contributed by atoms with Crippen LogP contribution in [0.1, 0.15) is 5.56 Å². The molecular formula is C18H20ClN3OS. The van der Waals surface area contributed by atoms with E-state index in [1.165, 1.54) is 5.56 Å². The molecule has 4 nitrogen and oxygen atoms in total. The van der Waals surface area contributed by atoms with Crippen LogP contribution in [0.3, 0.4) is 0 Å². The molecule has 24 heavy (non-hydrogen) atoms. The monoisotopic (exact) mass is 361 g/mol. The van der Waals surface area contributed by atoms with Crippen molar-refractivity contribution in [2.75, 3.05) is 36.9 Å². The minimum absolute atomic E-state index is 0.518. The molecule has 2 aromatic rings. The van der Waals surface area contributed by atoms with Crippen molar-refractivity contribution in [2.45, 2.75) is 6.54 Å². The average Bonchev–Trinajstić information content (AvgIpc) is 2.60. The van der Waals surface area contributed by atoms with Gasteiger partial charge < -0.3 is 15.4 Å². The van der Waals surface area contributed by atoms with Crippen molar-refractivity contribution < 1.29 is 4.74 Å². The summed E-state index contributed by atoms with van der Waals surface area (Å²) in [4.78, 5) is 2.40. The van der Waals surface area contributed by atoms with E-state index in [1.54, 1.807) is 0 Å². The Balaban J connectivity index is 1.53. The smallest absolute Gasteiger partial charge is 0.175 e. The van der Waals surface area contributed by atoms with Crippen molar-refractivity contribution in [1.29, 1.82) is 0 Å². The van der Waals surface area contributed by atoms with Crippen LogP contribution in [0.2, 0.25) is 5.02 Å². The fraction of sp³-hybridized carbons (Fsp3) is 0.278. The Kier molecular flexibility index (Phi) is 6.04. The first-order valence-electron chi connectivity index (χ1n) is 7.92. The van der Waals surface area contributed by atoms with Crippen LogP contribution in [-0.2, 0) is 11.3 Å². The van der Waals surface area contributed by atoms with Crippen molar-refractivity contribution in [1.82, 2.24) is 4.90 Å². The van der Waals surface area contributed by atoms with Gasteiger partial charge in [-0.25, -0.2) is 0 Å². The van der Waals surface area contributed by atoms with Gasteiger partial charge in [0.25, 0.3) is 0 Å². The summed E-state index contributed by atoms with van der Waals surface area (Å²) in [5.74, 6) is 0. The third kappa shape index (κ3) is 4.92. The SMILES string of the molecule is S=C(Nc1ccc(CN2CCOCC2)cc1)Nc1ccccc1Cl. The fourth-order valence-corrected chi connectivity index (χ4v) is 2.97. The molecule has 2 N–H and O–H groups in total. The number of rotatable bonds is 4. The van der Waals surface area contributed by atoms with E-state index in [0.29, 0.717) is 10.1 Å². The highest BCUT2D eigenvalue weighted by molar-refractivity contribution is 7.80. The molecule has 0 unspecified atom stereocenters. The number of para-hydroxylation sites is 1. The van der Waals surface area contributed by atoms with Crippen molar-refractivity contribution >= 4 is 40.3 Å². The molecule has 0 amide bonds. The van der Waals surface area contributed by atoms with E-state index in [1.807, 2.05) is 36.4 Å². The Hall–Kier alpha value is -1.66. The summed E-state index contributed by atoms with van der Waals surface area (Å²) >= 11 is 11.5. The van der Waals surface area contributed by atoms with Crippen molar-refractivity contribution in [3.05, 3.63) is 59.1 Å². The van der Waals surface area contributed by atoms with Crippen LogP contribution < -0.4 is 10.6 Å². The maximum absolute atomic E-state index is 6.12. The van der Waals surface area contributed by atoms with Gasteiger partial charge >= 0.3 is 0 Å². The number of hydrogen-bond donors (Lipinski definition) is 2. The fourth-order valence-electron chi connectivity index (χ4n) is 2.56. The summed E-state index contributed by atoms with van der Waals surface area (Å²) in [5, 5.41) is 7.44. The second kappa shape index (κ2) is 8.44. The first-order chi connectivity index (χ1) is 11.7. The third-order valence-corrected chi connectivity index (χ3v) is 4.38. The lowest BCUT2D eigenvalue weighted by Gasteiger charge is -2.26. The van der Waals surface area contributed by atoms with Crippen molar-refractivity contribution in [3.63, 3.8) is 0 Å². The Morgan fingerprint density at radius 1 is 1.04 bits per heavy atom. The summed E-state index contributed by atoms with van der Waals surface area (Å²) in [5.41, 5.74) is 3.03. The summed E-state index contributed by atoms with van der Waals surface area (Å²) in [7, 11) is 0. The van der Waals surface area contributed by atoms with Gasteiger partial charge in [-0.05, 0) is 42.0 Å². The number of morpholine rings is 1. The van der Waals surface area contributed by atoms with Crippen LogP contribution >= 0.6 is 23.8 Å². The molecule has 1 saturated heterocycles. The van der Waals surface area contributed by atoms with Crippen LogP contribution in [0.4, 0.5) is 11.4 Å². The van der Waals surface area contributed by atoms with Gasteiger partial charge in [0.2, 0.25) is 0 Å². The number of nitrogens with zero attached hydrogens (tertiary/aromatic N) is 1.